The largest absolute Gasteiger partial charge is 0.496 e. The number of aromatic amines is 1. The van der Waals surface area contributed by atoms with Gasteiger partial charge in [0.1, 0.15) is 29.8 Å². The van der Waals surface area contributed by atoms with Gasteiger partial charge in [-0.25, -0.2) is 0 Å². The highest BCUT2D eigenvalue weighted by molar-refractivity contribution is 6.01. The van der Waals surface area contributed by atoms with E-state index in [1.165, 1.54) is 0 Å². The fraction of sp³-hybridized carbons (Fsp3) is 0.393. The van der Waals surface area contributed by atoms with Crippen LogP contribution in [0.15, 0.2) is 42.5 Å². The van der Waals surface area contributed by atoms with Gasteiger partial charge in [0, 0.05) is 22.5 Å². The number of nitrogens with zero attached hydrogens (tertiary/aromatic N) is 1. The average Bonchev–Trinajstić information content (AvgIpc) is 3.51. The van der Waals surface area contributed by atoms with E-state index in [0.29, 0.717) is 23.8 Å². The van der Waals surface area contributed by atoms with Crippen molar-refractivity contribution in [2.24, 2.45) is 5.92 Å². The predicted molar refractivity (Wildman–Crippen MR) is 139 cm³/mol. The molecular weight excluding hydrogens is 470 g/mol. The van der Waals surface area contributed by atoms with Gasteiger partial charge in [-0.2, -0.15) is 5.26 Å². The van der Waals surface area contributed by atoms with Crippen LogP contribution >= 0.6 is 0 Å². The molecular formula is C28H31N5O4. The fourth-order valence-corrected chi connectivity index (χ4v) is 5.06. The molecule has 0 spiro atoms. The number of anilines is 1. The van der Waals surface area contributed by atoms with E-state index in [2.05, 4.69) is 27.0 Å². The minimum atomic E-state index is -0.842. The van der Waals surface area contributed by atoms with Gasteiger partial charge in [0.2, 0.25) is 5.91 Å². The molecule has 5 rings (SSSR count). The molecule has 1 aliphatic carbocycles. The van der Waals surface area contributed by atoms with Crippen molar-refractivity contribution in [2.75, 3.05) is 12.4 Å². The van der Waals surface area contributed by atoms with E-state index in [0.717, 1.165) is 40.6 Å². The second kappa shape index (κ2) is 10.1. The third kappa shape index (κ3) is 5.25. The lowest BCUT2D eigenvalue weighted by Crippen LogP contribution is -2.50. The molecule has 1 saturated carbocycles. The van der Waals surface area contributed by atoms with E-state index >= 15 is 0 Å². The summed E-state index contributed by atoms with van der Waals surface area (Å²) in [6, 6.07) is 13.6. The summed E-state index contributed by atoms with van der Waals surface area (Å²) in [7, 11) is 1.57. The van der Waals surface area contributed by atoms with Crippen LogP contribution in [-0.4, -0.2) is 47.3 Å². The number of rotatable bonds is 9. The van der Waals surface area contributed by atoms with Gasteiger partial charge < -0.3 is 30.8 Å². The first kappa shape index (κ1) is 24.7. The third-order valence-electron chi connectivity index (χ3n) is 7.23. The number of carbonyl (C=O) groups is 2. The van der Waals surface area contributed by atoms with E-state index in [1.54, 1.807) is 13.2 Å². The molecule has 2 amide bonds. The van der Waals surface area contributed by atoms with Gasteiger partial charge in [0.15, 0.2) is 0 Å². The topological polar surface area (TPSA) is 139 Å². The van der Waals surface area contributed by atoms with Crippen LogP contribution in [0.5, 0.6) is 5.75 Å². The molecule has 2 aliphatic rings. The maximum atomic E-state index is 13.3. The van der Waals surface area contributed by atoms with Crippen molar-refractivity contribution < 1.29 is 19.4 Å². The highest BCUT2D eigenvalue weighted by Gasteiger charge is 2.35. The summed E-state index contributed by atoms with van der Waals surface area (Å²) >= 11 is 0. The average molecular weight is 502 g/mol. The number of aliphatic hydroxyl groups excluding tert-OH is 1. The molecule has 4 atom stereocenters. The number of nitriles is 1. The van der Waals surface area contributed by atoms with Crippen LogP contribution < -0.4 is 20.7 Å². The van der Waals surface area contributed by atoms with Crippen LogP contribution in [0.2, 0.25) is 0 Å². The summed E-state index contributed by atoms with van der Waals surface area (Å²) < 4.78 is 5.38. The Hall–Kier alpha value is -4.03. The monoisotopic (exact) mass is 501 g/mol. The Morgan fingerprint density at radius 1 is 1.19 bits per heavy atom. The van der Waals surface area contributed by atoms with Crippen molar-refractivity contribution in [3.63, 3.8) is 0 Å². The number of fused-ring (bicyclic) bond motifs is 2. The second-order valence-corrected chi connectivity index (χ2v) is 10.0. The lowest BCUT2D eigenvalue weighted by Gasteiger charge is -2.23. The van der Waals surface area contributed by atoms with Crippen LogP contribution in [0, 0.1) is 24.2 Å². The molecule has 2 heterocycles. The zero-order valence-electron chi connectivity index (χ0n) is 20.9. The number of nitrogens with one attached hydrogen (secondary N) is 4. The highest BCUT2D eigenvalue weighted by Crippen LogP contribution is 2.38. The predicted octanol–water partition coefficient (Wildman–Crippen LogP) is 3.31. The van der Waals surface area contributed by atoms with Crippen molar-refractivity contribution in [3.05, 3.63) is 59.3 Å². The number of aryl methyl sites for hydroxylation is 1. The number of aromatic nitrogens is 1. The quantitative estimate of drug-likeness (QED) is 0.305. The Kier molecular flexibility index (Phi) is 6.76. The molecule has 37 heavy (non-hydrogen) atoms. The maximum Gasteiger partial charge on any atom is 0.268 e. The highest BCUT2D eigenvalue weighted by atomic mass is 16.5. The van der Waals surface area contributed by atoms with E-state index in [-0.39, 0.29) is 12.3 Å². The van der Waals surface area contributed by atoms with Crippen LogP contribution in [0.25, 0.3) is 10.9 Å². The first-order valence-corrected chi connectivity index (χ1v) is 12.6. The first-order chi connectivity index (χ1) is 17.9. The Morgan fingerprint density at radius 2 is 2.00 bits per heavy atom. The van der Waals surface area contributed by atoms with E-state index in [4.69, 9.17) is 4.74 Å². The van der Waals surface area contributed by atoms with Crippen LogP contribution in [-0.2, 0) is 4.79 Å². The minimum absolute atomic E-state index is 0.249. The number of H-pyrrole nitrogens is 1. The summed E-state index contributed by atoms with van der Waals surface area (Å²) in [6.07, 6.45) is 1.95. The standard InChI is InChI=1S/C28H31N5O4/c1-15-6-9-22-18(10-15)19(26(34)32-22)12-17(14-29)30-27(35)23(11-16-7-8-16)33-28(36)24-13-20-21(31-24)4-3-5-25(20)37-2/h3-6,9-10,13,16-17,19,23,26,31-32,34H,7-8,11-12H2,1-2H3,(H,30,35)(H,33,36). The van der Waals surface area contributed by atoms with Crippen molar-refractivity contribution >= 4 is 28.4 Å². The molecule has 1 fully saturated rings. The van der Waals surface area contributed by atoms with Gasteiger partial charge in [-0.3, -0.25) is 9.59 Å². The van der Waals surface area contributed by atoms with Gasteiger partial charge >= 0.3 is 0 Å². The van der Waals surface area contributed by atoms with Gasteiger partial charge in [0.25, 0.3) is 5.91 Å². The maximum absolute atomic E-state index is 13.3. The Bertz CT molecular complexity index is 1370. The fourth-order valence-electron chi connectivity index (χ4n) is 5.06. The lowest BCUT2D eigenvalue weighted by atomic mass is 9.92. The Labute approximate surface area is 215 Å². The van der Waals surface area contributed by atoms with Crippen molar-refractivity contribution in [1.29, 1.82) is 5.26 Å². The number of aliphatic hydroxyl groups is 1. The normalized spacial score (nSPS) is 19.8. The van der Waals surface area contributed by atoms with Gasteiger partial charge in [0.05, 0.1) is 13.2 Å². The summed E-state index contributed by atoms with van der Waals surface area (Å²) in [4.78, 5) is 29.5. The van der Waals surface area contributed by atoms with Gasteiger partial charge in [-0.1, -0.05) is 36.6 Å². The van der Waals surface area contributed by atoms with Crippen molar-refractivity contribution in [2.45, 2.75) is 56.8 Å². The zero-order valence-corrected chi connectivity index (χ0v) is 20.9. The molecule has 9 nitrogen and oxygen atoms in total. The SMILES string of the molecule is COc1cccc2[nH]c(C(=O)NC(CC3CC3)C(=O)NC(C#N)CC3c4cc(C)ccc4NC3O)cc12. The van der Waals surface area contributed by atoms with E-state index in [1.807, 2.05) is 43.3 Å². The van der Waals surface area contributed by atoms with Gasteiger partial charge in [-0.15, -0.1) is 0 Å². The number of methoxy groups -OCH3 is 1. The zero-order chi connectivity index (χ0) is 26.1. The number of hydrogen-bond donors (Lipinski definition) is 5. The second-order valence-electron chi connectivity index (χ2n) is 10.0. The van der Waals surface area contributed by atoms with E-state index < -0.39 is 30.1 Å². The van der Waals surface area contributed by atoms with Gasteiger partial charge in [-0.05, 0) is 55.5 Å². The van der Waals surface area contributed by atoms with E-state index in [9.17, 15) is 20.0 Å². The molecule has 0 saturated heterocycles. The molecule has 1 aliphatic heterocycles. The number of benzene rings is 2. The molecule has 3 aromatic rings. The third-order valence-corrected chi connectivity index (χ3v) is 7.23. The molecule has 1 aromatic heterocycles. The number of ether oxygens (including phenoxy) is 1. The molecule has 192 valence electrons. The Morgan fingerprint density at radius 3 is 2.73 bits per heavy atom. The summed E-state index contributed by atoms with van der Waals surface area (Å²) in [5, 5.41) is 29.9. The summed E-state index contributed by atoms with van der Waals surface area (Å²) in [6.45, 7) is 1.97. The molecule has 2 aromatic carbocycles. The van der Waals surface area contributed by atoms with Crippen molar-refractivity contribution in [1.82, 2.24) is 15.6 Å². The van der Waals surface area contributed by atoms with Crippen LogP contribution in [0.3, 0.4) is 0 Å². The first-order valence-electron chi connectivity index (χ1n) is 12.6. The minimum Gasteiger partial charge on any atom is -0.496 e. The molecule has 4 unspecified atom stereocenters. The number of amides is 2. The summed E-state index contributed by atoms with van der Waals surface area (Å²) in [5.74, 6) is -0.108. The molecule has 9 heteroatoms. The number of carbonyl (C=O) groups excluding carboxylic acids is 2. The van der Waals surface area contributed by atoms with Crippen LogP contribution in [0.4, 0.5) is 5.69 Å². The van der Waals surface area contributed by atoms with Crippen LogP contribution in [0.1, 0.15) is 53.2 Å². The molecule has 5 N–H and O–H groups in total. The Balaban J connectivity index is 1.29. The smallest absolute Gasteiger partial charge is 0.268 e. The summed E-state index contributed by atoms with van der Waals surface area (Å²) in [5.41, 5.74) is 3.91. The number of hydrogen-bond acceptors (Lipinski definition) is 6. The van der Waals surface area contributed by atoms with Crippen molar-refractivity contribution in [3.8, 4) is 11.8 Å². The molecule has 0 bridgehead atoms. The molecule has 0 radical (unpaired) electrons. The lowest BCUT2D eigenvalue weighted by molar-refractivity contribution is -0.123.